The Morgan fingerprint density at radius 3 is 2.14 bits per heavy atom. The van der Waals surface area contributed by atoms with Crippen LogP contribution in [-0.2, 0) is 14.9 Å². The molecular weight excluding hydrogens is 352 g/mol. The molecule has 2 rings (SSSR count). The van der Waals surface area contributed by atoms with Gasteiger partial charge in [0.2, 0.25) is 0 Å². The number of hydrogen-bond acceptors (Lipinski definition) is 3. The highest BCUT2D eigenvalue weighted by Gasteiger charge is 2.17. The maximum Gasteiger partial charge on any atom is 0.255 e. The fourth-order valence-electron chi connectivity index (χ4n) is 2.54. The van der Waals surface area contributed by atoms with E-state index in [0.29, 0.717) is 16.9 Å². The van der Waals surface area contributed by atoms with Crippen LogP contribution in [0.1, 0.15) is 43.6 Å². The Bertz CT molecular complexity index is 836. The molecule has 2 aromatic carbocycles. The molecule has 0 fully saturated rings. The van der Waals surface area contributed by atoms with Crippen molar-refractivity contribution < 1.29 is 14.3 Å². The molecule has 0 heterocycles. The molecule has 1 unspecified atom stereocenters. The maximum atomic E-state index is 12.6. The van der Waals surface area contributed by atoms with Crippen molar-refractivity contribution in [2.45, 2.75) is 39.2 Å². The van der Waals surface area contributed by atoms with Crippen LogP contribution < -0.4 is 10.6 Å². The Kier molecular flexibility index (Phi) is 7.12. The predicted molar refractivity (Wildman–Crippen MR) is 114 cm³/mol. The number of hydrogen-bond donors (Lipinski definition) is 2. The smallest absolute Gasteiger partial charge is 0.255 e. The van der Waals surface area contributed by atoms with E-state index in [4.69, 9.17) is 4.74 Å². The van der Waals surface area contributed by atoms with E-state index < -0.39 is 6.10 Å². The van der Waals surface area contributed by atoms with Crippen LogP contribution in [0.4, 0.5) is 11.4 Å². The van der Waals surface area contributed by atoms with Gasteiger partial charge in [-0.2, -0.15) is 0 Å². The second-order valence-electron chi connectivity index (χ2n) is 7.58. The lowest BCUT2D eigenvalue weighted by molar-refractivity contribution is -0.125. The molecule has 0 aliphatic rings. The second kappa shape index (κ2) is 9.33. The van der Waals surface area contributed by atoms with Gasteiger partial charge in [-0.3, -0.25) is 9.59 Å². The molecule has 0 aromatic heterocycles. The lowest BCUT2D eigenvalue weighted by Gasteiger charge is -2.19. The molecule has 1 atom stereocenters. The quantitative estimate of drug-likeness (QED) is 0.680. The van der Waals surface area contributed by atoms with Crippen LogP contribution in [-0.4, -0.2) is 24.5 Å². The number of para-hydroxylation sites is 2. The summed E-state index contributed by atoms with van der Waals surface area (Å²) >= 11 is 0. The van der Waals surface area contributed by atoms with E-state index in [2.05, 4.69) is 38.0 Å². The van der Waals surface area contributed by atoms with Crippen molar-refractivity contribution in [3.63, 3.8) is 0 Å². The van der Waals surface area contributed by atoms with Crippen molar-refractivity contribution in [1.29, 1.82) is 0 Å². The zero-order valence-electron chi connectivity index (χ0n) is 16.9. The average Bonchev–Trinajstić information content (AvgIpc) is 2.66. The number of rotatable bonds is 7. The third-order valence-corrected chi connectivity index (χ3v) is 4.28. The molecule has 0 saturated heterocycles. The molecule has 5 nitrogen and oxygen atoms in total. The number of ether oxygens (including phenoxy) is 1. The van der Waals surface area contributed by atoms with Crippen LogP contribution in [0.3, 0.4) is 0 Å². The van der Waals surface area contributed by atoms with Crippen molar-refractivity contribution >= 4 is 23.2 Å². The number of carbonyl (C=O) groups excluding carboxylic acids is 2. The van der Waals surface area contributed by atoms with Crippen molar-refractivity contribution in [1.82, 2.24) is 0 Å². The zero-order chi connectivity index (χ0) is 20.7. The largest absolute Gasteiger partial charge is 0.365 e. The van der Waals surface area contributed by atoms with Gasteiger partial charge in [-0.05, 0) is 42.2 Å². The minimum absolute atomic E-state index is 0.0241. The average molecular weight is 380 g/mol. The van der Waals surface area contributed by atoms with Crippen molar-refractivity contribution in [2.24, 2.45) is 0 Å². The summed E-state index contributed by atoms with van der Waals surface area (Å²) in [6.45, 7) is 11.9. The molecule has 0 bridgehead atoms. The number of nitrogens with one attached hydrogen (secondary N) is 2. The Morgan fingerprint density at radius 2 is 1.61 bits per heavy atom. The van der Waals surface area contributed by atoms with Gasteiger partial charge in [-0.15, -0.1) is 6.58 Å². The van der Waals surface area contributed by atoms with Crippen molar-refractivity contribution in [2.75, 3.05) is 17.2 Å². The lowest BCUT2D eigenvalue weighted by atomic mass is 9.87. The monoisotopic (exact) mass is 380 g/mol. The van der Waals surface area contributed by atoms with E-state index >= 15 is 0 Å². The van der Waals surface area contributed by atoms with Gasteiger partial charge < -0.3 is 15.4 Å². The molecule has 0 saturated carbocycles. The van der Waals surface area contributed by atoms with E-state index in [1.54, 1.807) is 37.3 Å². The number of carbonyl (C=O) groups is 2. The fourth-order valence-corrected chi connectivity index (χ4v) is 2.54. The van der Waals surface area contributed by atoms with Gasteiger partial charge >= 0.3 is 0 Å². The fraction of sp³-hybridized carbons (Fsp3) is 0.304. The lowest BCUT2D eigenvalue weighted by Crippen LogP contribution is -2.28. The number of anilines is 2. The molecule has 2 amide bonds. The normalized spacial score (nSPS) is 12.1. The summed E-state index contributed by atoms with van der Waals surface area (Å²) in [5, 5.41) is 5.65. The topological polar surface area (TPSA) is 67.4 Å². The van der Waals surface area contributed by atoms with E-state index in [9.17, 15) is 9.59 Å². The molecule has 0 radical (unpaired) electrons. The summed E-state index contributed by atoms with van der Waals surface area (Å²) in [7, 11) is 0. The van der Waals surface area contributed by atoms with Crippen LogP contribution >= 0.6 is 0 Å². The van der Waals surface area contributed by atoms with Gasteiger partial charge in [-0.25, -0.2) is 0 Å². The molecule has 148 valence electrons. The van der Waals surface area contributed by atoms with Gasteiger partial charge in [0.1, 0.15) is 6.10 Å². The van der Waals surface area contributed by atoms with Crippen LogP contribution in [0, 0.1) is 0 Å². The first kappa shape index (κ1) is 21.4. The molecule has 2 N–H and O–H groups in total. The first-order chi connectivity index (χ1) is 13.2. The van der Waals surface area contributed by atoms with Crippen molar-refractivity contribution in [3.8, 4) is 0 Å². The van der Waals surface area contributed by atoms with Crippen molar-refractivity contribution in [3.05, 3.63) is 72.3 Å². The minimum Gasteiger partial charge on any atom is -0.365 e. The summed E-state index contributed by atoms with van der Waals surface area (Å²) in [5.74, 6) is -0.531. The van der Waals surface area contributed by atoms with E-state index in [0.717, 1.165) is 5.56 Å². The number of benzene rings is 2. The minimum atomic E-state index is -0.633. The molecule has 2 aromatic rings. The summed E-state index contributed by atoms with van der Waals surface area (Å²) < 4.78 is 5.34. The predicted octanol–water partition coefficient (Wildman–Crippen LogP) is 4.77. The standard InChI is InChI=1S/C23H28N2O3/c1-6-15-28-16(2)21(26)24-19-9-7-8-10-20(19)25-22(27)17-11-13-18(14-12-17)23(3,4)5/h6-14,16H,1,15H2,2-5H3,(H,24,26)(H,25,27). The van der Waals surface area contributed by atoms with E-state index in [1.807, 2.05) is 24.3 Å². The first-order valence-corrected chi connectivity index (χ1v) is 9.26. The Morgan fingerprint density at radius 1 is 1.04 bits per heavy atom. The summed E-state index contributed by atoms with van der Waals surface area (Å²) in [4.78, 5) is 24.9. The highest BCUT2D eigenvalue weighted by Crippen LogP contribution is 2.24. The zero-order valence-corrected chi connectivity index (χ0v) is 16.9. The Hall–Kier alpha value is -2.92. The second-order valence-corrected chi connectivity index (χ2v) is 7.58. The highest BCUT2D eigenvalue weighted by atomic mass is 16.5. The van der Waals surface area contributed by atoms with Crippen LogP contribution in [0.2, 0.25) is 0 Å². The molecule has 0 aliphatic heterocycles. The molecular formula is C23H28N2O3. The van der Waals surface area contributed by atoms with E-state index in [1.165, 1.54) is 0 Å². The SMILES string of the molecule is C=CCOC(C)C(=O)Nc1ccccc1NC(=O)c1ccc(C(C)(C)C)cc1. The van der Waals surface area contributed by atoms with Crippen LogP contribution in [0.5, 0.6) is 0 Å². The van der Waals surface area contributed by atoms with Crippen LogP contribution in [0.25, 0.3) is 0 Å². The van der Waals surface area contributed by atoms with Crippen LogP contribution in [0.15, 0.2) is 61.2 Å². The first-order valence-electron chi connectivity index (χ1n) is 9.26. The van der Waals surface area contributed by atoms with Gasteiger partial charge in [0.25, 0.3) is 11.8 Å². The number of amides is 2. The Balaban J connectivity index is 2.11. The molecule has 5 heteroatoms. The molecule has 28 heavy (non-hydrogen) atoms. The van der Waals surface area contributed by atoms with Gasteiger partial charge in [0.15, 0.2) is 0 Å². The van der Waals surface area contributed by atoms with Gasteiger partial charge in [0, 0.05) is 5.56 Å². The third-order valence-electron chi connectivity index (χ3n) is 4.28. The third kappa shape index (κ3) is 5.79. The van der Waals surface area contributed by atoms with Gasteiger partial charge in [-0.1, -0.05) is 51.1 Å². The summed E-state index contributed by atoms with van der Waals surface area (Å²) in [6, 6.07) is 14.6. The summed E-state index contributed by atoms with van der Waals surface area (Å²) in [5.41, 5.74) is 2.77. The Labute approximate surface area is 166 Å². The maximum absolute atomic E-state index is 12.6. The highest BCUT2D eigenvalue weighted by molar-refractivity contribution is 6.07. The van der Waals surface area contributed by atoms with Gasteiger partial charge in [0.05, 0.1) is 18.0 Å². The molecule has 0 spiro atoms. The molecule has 0 aliphatic carbocycles. The summed E-state index contributed by atoms with van der Waals surface area (Å²) in [6.07, 6.45) is 0.954. The van der Waals surface area contributed by atoms with E-state index in [-0.39, 0.29) is 23.8 Å².